The minimum absolute atomic E-state index is 0.426. The molecule has 1 fully saturated rings. The fourth-order valence-corrected chi connectivity index (χ4v) is 1.98. The number of nitrogens with zero attached hydrogens (tertiary/aromatic N) is 1. The van der Waals surface area contributed by atoms with Crippen LogP contribution in [0.2, 0.25) is 0 Å². The zero-order valence-corrected chi connectivity index (χ0v) is 6.50. The third-order valence-corrected chi connectivity index (χ3v) is 3.18. The zero-order chi connectivity index (χ0) is 7.61. The first kappa shape index (κ1) is 8.21. The van der Waals surface area contributed by atoms with Crippen molar-refractivity contribution in [2.75, 3.05) is 13.1 Å². The summed E-state index contributed by atoms with van der Waals surface area (Å²) in [5.74, 6) is 0. The Balaban J connectivity index is 2.47. The van der Waals surface area contributed by atoms with E-state index in [9.17, 15) is 4.57 Å². The molecular formula is C5H11NO3P. The maximum absolute atomic E-state index is 10.6. The van der Waals surface area contributed by atoms with Crippen LogP contribution in [0.3, 0.4) is 0 Å². The van der Waals surface area contributed by atoms with Gasteiger partial charge < -0.3 is 9.79 Å². The predicted molar refractivity (Wildman–Crippen MR) is 36.9 cm³/mol. The van der Waals surface area contributed by atoms with Crippen LogP contribution in [-0.2, 0) is 4.57 Å². The highest BCUT2D eigenvalue weighted by Gasteiger charge is 2.29. The lowest BCUT2D eigenvalue weighted by atomic mass is 10.2. The summed E-state index contributed by atoms with van der Waals surface area (Å²) >= 11 is 0. The van der Waals surface area contributed by atoms with Crippen LogP contribution in [0.5, 0.6) is 0 Å². The number of hydrogen-bond donors (Lipinski definition) is 2. The first-order chi connectivity index (χ1) is 4.61. The SMILES string of the molecule is O=P(O)(O)C1CC[N]CC1. The third-order valence-electron chi connectivity index (χ3n) is 1.72. The van der Waals surface area contributed by atoms with E-state index in [1.807, 2.05) is 0 Å². The van der Waals surface area contributed by atoms with Gasteiger partial charge in [0.1, 0.15) is 0 Å². The molecule has 59 valence electrons. The summed E-state index contributed by atoms with van der Waals surface area (Å²) < 4.78 is 10.6. The topological polar surface area (TPSA) is 71.6 Å². The third kappa shape index (κ3) is 2.06. The monoisotopic (exact) mass is 164 g/mol. The molecule has 5 heteroatoms. The van der Waals surface area contributed by atoms with E-state index in [0.717, 1.165) is 0 Å². The van der Waals surface area contributed by atoms with Crippen LogP contribution in [0.1, 0.15) is 12.8 Å². The molecule has 1 aliphatic heterocycles. The second-order valence-electron chi connectivity index (χ2n) is 2.49. The van der Waals surface area contributed by atoms with Crippen LogP contribution >= 0.6 is 7.60 Å². The van der Waals surface area contributed by atoms with Crippen molar-refractivity contribution in [2.45, 2.75) is 18.5 Å². The summed E-state index contributed by atoms with van der Waals surface area (Å²) in [6.45, 7) is 1.21. The van der Waals surface area contributed by atoms with Crippen LogP contribution in [0.15, 0.2) is 0 Å². The van der Waals surface area contributed by atoms with Gasteiger partial charge >= 0.3 is 7.60 Å². The standard InChI is InChI=1S/C5H11NO3P/c7-10(8,9)5-1-3-6-4-2-5/h5H,1-4H2,(H2,7,8,9). The van der Waals surface area contributed by atoms with Crippen molar-refractivity contribution >= 4 is 7.60 Å². The summed E-state index contributed by atoms with van der Waals surface area (Å²) in [7, 11) is -3.80. The molecule has 0 spiro atoms. The van der Waals surface area contributed by atoms with Gasteiger partial charge in [-0.3, -0.25) is 4.57 Å². The van der Waals surface area contributed by atoms with Gasteiger partial charge in [0.15, 0.2) is 0 Å². The smallest absolute Gasteiger partial charge is 0.324 e. The van der Waals surface area contributed by atoms with E-state index in [-0.39, 0.29) is 0 Å². The van der Waals surface area contributed by atoms with Gasteiger partial charge in [-0.2, -0.15) is 0 Å². The van der Waals surface area contributed by atoms with Crippen molar-refractivity contribution in [3.63, 3.8) is 0 Å². The molecule has 1 aliphatic rings. The fourth-order valence-electron chi connectivity index (χ4n) is 1.07. The molecule has 0 aromatic heterocycles. The van der Waals surface area contributed by atoms with E-state index < -0.39 is 13.3 Å². The highest BCUT2D eigenvalue weighted by molar-refractivity contribution is 7.52. The second kappa shape index (κ2) is 3.01. The molecule has 1 rings (SSSR count). The molecule has 0 amide bonds. The average Bonchev–Trinajstić information content (AvgIpc) is 1.88. The summed E-state index contributed by atoms with van der Waals surface area (Å²) in [6.07, 6.45) is 1.09. The molecule has 0 aromatic carbocycles. The highest BCUT2D eigenvalue weighted by atomic mass is 31.2. The molecule has 1 heterocycles. The van der Waals surface area contributed by atoms with E-state index in [0.29, 0.717) is 25.9 Å². The van der Waals surface area contributed by atoms with E-state index >= 15 is 0 Å². The fraction of sp³-hybridized carbons (Fsp3) is 1.00. The Morgan fingerprint density at radius 3 is 2.10 bits per heavy atom. The van der Waals surface area contributed by atoms with Crippen molar-refractivity contribution in [3.8, 4) is 0 Å². The normalized spacial score (nSPS) is 23.0. The highest BCUT2D eigenvalue weighted by Crippen LogP contribution is 2.45. The van der Waals surface area contributed by atoms with E-state index in [2.05, 4.69) is 5.32 Å². The van der Waals surface area contributed by atoms with Gasteiger partial charge in [-0.15, -0.1) is 0 Å². The predicted octanol–water partition coefficient (Wildman–Crippen LogP) is -0.0691. The Bertz CT molecular complexity index is 149. The minimum Gasteiger partial charge on any atom is -0.324 e. The van der Waals surface area contributed by atoms with Gasteiger partial charge in [0.2, 0.25) is 0 Å². The molecule has 0 bridgehead atoms. The maximum atomic E-state index is 10.6. The van der Waals surface area contributed by atoms with Crippen molar-refractivity contribution in [2.24, 2.45) is 0 Å². The van der Waals surface area contributed by atoms with E-state index in [4.69, 9.17) is 9.79 Å². The number of rotatable bonds is 1. The van der Waals surface area contributed by atoms with Crippen molar-refractivity contribution < 1.29 is 14.4 Å². The number of piperidine rings is 1. The molecular weight excluding hydrogens is 153 g/mol. The van der Waals surface area contributed by atoms with Crippen LogP contribution in [0, 0.1) is 0 Å². The molecule has 1 radical (unpaired) electrons. The average molecular weight is 164 g/mol. The zero-order valence-electron chi connectivity index (χ0n) is 5.60. The molecule has 0 saturated carbocycles. The van der Waals surface area contributed by atoms with Gasteiger partial charge in [0, 0.05) is 13.1 Å². The van der Waals surface area contributed by atoms with Gasteiger partial charge in [-0.1, -0.05) is 0 Å². The first-order valence-corrected chi connectivity index (χ1v) is 4.97. The largest absolute Gasteiger partial charge is 0.328 e. The van der Waals surface area contributed by atoms with Gasteiger partial charge in [0.05, 0.1) is 5.66 Å². The van der Waals surface area contributed by atoms with Crippen molar-refractivity contribution in [1.82, 2.24) is 5.32 Å². The molecule has 0 aliphatic carbocycles. The maximum Gasteiger partial charge on any atom is 0.328 e. The van der Waals surface area contributed by atoms with Gasteiger partial charge in [-0.05, 0) is 12.8 Å². The Hall–Kier alpha value is 0.110. The van der Waals surface area contributed by atoms with Gasteiger partial charge in [0.25, 0.3) is 0 Å². The lowest BCUT2D eigenvalue weighted by Gasteiger charge is -2.21. The second-order valence-corrected chi connectivity index (χ2v) is 4.40. The molecule has 0 atom stereocenters. The quantitative estimate of drug-likeness (QED) is 0.533. The molecule has 4 nitrogen and oxygen atoms in total. The van der Waals surface area contributed by atoms with Crippen LogP contribution in [0.25, 0.3) is 0 Å². The Kier molecular flexibility index (Phi) is 2.47. The summed E-state index contributed by atoms with van der Waals surface area (Å²) in [5, 5.41) is 4.00. The Morgan fingerprint density at radius 2 is 1.80 bits per heavy atom. The van der Waals surface area contributed by atoms with E-state index in [1.165, 1.54) is 0 Å². The summed E-state index contributed by atoms with van der Waals surface area (Å²) in [6, 6.07) is 0. The molecule has 0 aromatic rings. The van der Waals surface area contributed by atoms with Crippen molar-refractivity contribution in [1.29, 1.82) is 0 Å². The Morgan fingerprint density at radius 1 is 1.30 bits per heavy atom. The van der Waals surface area contributed by atoms with E-state index in [1.54, 1.807) is 0 Å². The Labute approximate surface area is 59.8 Å². The molecule has 2 N–H and O–H groups in total. The van der Waals surface area contributed by atoms with Crippen LogP contribution in [-0.4, -0.2) is 28.5 Å². The lowest BCUT2D eigenvalue weighted by Crippen LogP contribution is -2.25. The summed E-state index contributed by atoms with van der Waals surface area (Å²) in [4.78, 5) is 17.4. The molecule has 0 unspecified atom stereocenters. The minimum atomic E-state index is -3.80. The van der Waals surface area contributed by atoms with Gasteiger partial charge in [-0.25, -0.2) is 5.32 Å². The van der Waals surface area contributed by atoms with Crippen LogP contribution < -0.4 is 5.32 Å². The lowest BCUT2D eigenvalue weighted by molar-refractivity contribution is 0.339. The first-order valence-electron chi connectivity index (χ1n) is 3.29. The number of hydrogen-bond acceptors (Lipinski definition) is 1. The van der Waals surface area contributed by atoms with Crippen LogP contribution in [0.4, 0.5) is 0 Å². The molecule has 10 heavy (non-hydrogen) atoms. The summed E-state index contributed by atoms with van der Waals surface area (Å²) in [5.41, 5.74) is -0.426. The molecule has 1 saturated heterocycles. The van der Waals surface area contributed by atoms with Crippen molar-refractivity contribution in [3.05, 3.63) is 0 Å².